The Balaban J connectivity index is 1.39. The number of aliphatic hydroxyl groups is 1. The van der Waals surface area contributed by atoms with Gasteiger partial charge in [-0.2, -0.15) is 9.97 Å². The van der Waals surface area contributed by atoms with Gasteiger partial charge in [-0.15, -0.1) is 0 Å². The number of carbonyl (C=O) groups excluding carboxylic acids is 1. The second kappa shape index (κ2) is 8.13. The maximum Gasteiger partial charge on any atom is 0.303 e. The number of benzene rings is 2. The number of hydrogen-bond donors (Lipinski definition) is 3. The van der Waals surface area contributed by atoms with Gasteiger partial charge in [0.25, 0.3) is 5.91 Å². The van der Waals surface area contributed by atoms with E-state index in [9.17, 15) is 9.90 Å². The Kier molecular flexibility index (Phi) is 5.39. The van der Waals surface area contributed by atoms with E-state index in [-0.39, 0.29) is 24.5 Å². The van der Waals surface area contributed by atoms with Crippen LogP contribution in [-0.4, -0.2) is 46.3 Å². The van der Waals surface area contributed by atoms with Crippen LogP contribution in [-0.2, 0) is 4.74 Å². The summed E-state index contributed by atoms with van der Waals surface area (Å²) in [6.45, 7) is 4.15. The monoisotopic (exact) mass is 410 g/mol. The third-order valence-electron chi connectivity index (χ3n) is 4.14. The highest BCUT2D eigenvalue weighted by Gasteiger charge is 2.14. The first-order valence-corrected chi connectivity index (χ1v) is 9.49. The minimum Gasteiger partial charge on any atom is -0.423 e. The van der Waals surface area contributed by atoms with Gasteiger partial charge in [0.2, 0.25) is 0 Å². The van der Waals surface area contributed by atoms with Gasteiger partial charge in [0.05, 0.1) is 18.8 Å². The standard InChI is InChI=1S/C21H22N4O5/c1-21(2,27)12-28-10-9-22-18(26)13-7-8-17-15(11-13)24-20(30-17)25-19-23-14-5-3-4-6-16(14)29-19/h3-8,11,27H,9-10,12H2,1-2H3,(H,22,26)(H,23,24,25). The molecule has 0 aliphatic rings. The molecule has 0 saturated heterocycles. The Bertz CT molecular complexity index is 1140. The van der Waals surface area contributed by atoms with Gasteiger partial charge in [0.1, 0.15) is 11.0 Å². The van der Waals surface area contributed by atoms with Crippen LogP contribution in [0.4, 0.5) is 12.0 Å². The fraction of sp³-hybridized carbons (Fsp3) is 0.286. The molecule has 0 spiro atoms. The number of ether oxygens (including phenoxy) is 1. The van der Waals surface area contributed by atoms with Gasteiger partial charge in [-0.05, 0) is 44.2 Å². The van der Waals surface area contributed by atoms with Crippen molar-refractivity contribution < 1.29 is 23.5 Å². The number of nitrogens with one attached hydrogen (secondary N) is 2. The summed E-state index contributed by atoms with van der Waals surface area (Å²) in [7, 11) is 0. The van der Waals surface area contributed by atoms with Gasteiger partial charge in [0, 0.05) is 12.1 Å². The minimum atomic E-state index is -0.897. The minimum absolute atomic E-state index is 0.198. The zero-order valence-electron chi connectivity index (χ0n) is 16.6. The molecule has 1 amide bonds. The van der Waals surface area contributed by atoms with Crippen molar-refractivity contribution in [3.05, 3.63) is 48.0 Å². The maximum atomic E-state index is 12.3. The molecule has 0 atom stereocenters. The molecule has 0 aliphatic carbocycles. The average Bonchev–Trinajstić information content (AvgIpc) is 3.28. The Morgan fingerprint density at radius 3 is 2.50 bits per heavy atom. The Labute approximate surface area is 172 Å². The highest BCUT2D eigenvalue weighted by molar-refractivity contribution is 5.97. The quantitative estimate of drug-likeness (QED) is 0.378. The normalized spacial score (nSPS) is 11.8. The van der Waals surface area contributed by atoms with Crippen molar-refractivity contribution in [1.82, 2.24) is 15.3 Å². The van der Waals surface area contributed by atoms with E-state index in [4.69, 9.17) is 13.6 Å². The van der Waals surface area contributed by atoms with Crippen molar-refractivity contribution in [2.45, 2.75) is 19.4 Å². The number of nitrogens with zero attached hydrogens (tertiary/aromatic N) is 2. The molecule has 9 heteroatoms. The summed E-state index contributed by atoms with van der Waals surface area (Å²) >= 11 is 0. The molecular weight excluding hydrogens is 388 g/mol. The number of carbonyl (C=O) groups is 1. The van der Waals surface area contributed by atoms with E-state index in [1.165, 1.54) is 0 Å². The topological polar surface area (TPSA) is 123 Å². The number of fused-ring (bicyclic) bond motifs is 2. The summed E-state index contributed by atoms with van der Waals surface area (Å²) < 4.78 is 16.6. The lowest BCUT2D eigenvalue weighted by molar-refractivity contribution is -0.0194. The number of anilines is 2. The van der Waals surface area contributed by atoms with Gasteiger partial charge in [-0.1, -0.05) is 12.1 Å². The van der Waals surface area contributed by atoms with E-state index in [1.807, 2.05) is 24.3 Å². The van der Waals surface area contributed by atoms with Crippen LogP contribution in [0, 0.1) is 0 Å². The summed E-state index contributed by atoms with van der Waals surface area (Å²) in [4.78, 5) is 21.0. The van der Waals surface area contributed by atoms with Crippen molar-refractivity contribution in [3.63, 3.8) is 0 Å². The van der Waals surface area contributed by atoms with Crippen molar-refractivity contribution in [3.8, 4) is 0 Å². The predicted molar refractivity (Wildman–Crippen MR) is 111 cm³/mol. The van der Waals surface area contributed by atoms with E-state index in [1.54, 1.807) is 32.0 Å². The van der Waals surface area contributed by atoms with Crippen LogP contribution in [0.5, 0.6) is 0 Å². The highest BCUT2D eigenvalue weighted by Crippen LogP contribution is 2.25. The number of oxazole rings is 2. The van der Waals surface area contributed by atoms with Crippen LogP contribution < -0.4 is 10.6 Å². The summed E-state index contributed by atoms with van der Waals surface area (Å²) in [6.07, 6.45) is 0. The molecule has 0 fully saturated rings. The van der Waals surface area contributed by atoms with E-state index >= 15 is 0 Å². The molecule has 3 N–H and O–H groups in total. The lowest BCUT2D eigenvalue weighted by atomic mass is 10.2. The first-order chi connectivity index (χ1) is 14.4. The van der Waals surface area contributed by atoms with Gasteiger partial charge in [0.15, 0.2) is 11.2 Å². The predicted octanol–water partition coefficient (Wildman–Crippen LogP) is 3.23. The lowest BCUT2D eigenvalue weighted by Crippen LogP contribution is -2.31. The molecule has 156 valence electrons. The number of aromatic nitrogens is 2. The molecule has 0 unspecified atom stereocenters. The van der Waals surface area contributed by atoms with Gasteiger partial charge < -0.3 is 24.0 Å². The SMILES string of the molecule is CC(C)(O)COCCNC(=O)c1ccc2oc(Nc3nc4ccccc4o3)nc2c1. The van der Waals surface area contributed by atoms with Crippen molar-refractivity contribution in [2.24, 2.45) is 0 Å². The van der Waals surface area contributed by atoms with Gasteiger partial charge in [-0.3, -0.25) is 10.1 Å². The lowest BCUT2D eigenvalue weighted by Gasteiger charge is -2.16. The first-order valence-electron chi connectivity index (χ1n) is 9.49. The Morgan fingerprint density at radius 2 is 1.77 bits per heavy atom. The van der Waals surface area contributed by atoms with Crippen molar-refractivity contribution in [2.75, 3.05) is 25.1 Å². The second-order valence-corrected chi connectivity index (χ2v) is 7.43. The highest BCUT2D eigenvalue weighted by atomic mass is 16.5. The second-order valence-electron chi connectivity index (χ2n) is 7.43. The smallest absolute Gasteiger partial charge is 0.303 e. The molecular formula is C21H22N4O5. The Hall–Kier alpha value is -3.43. The van der Waals surface area contributed by atoms with Gasteiger partial charge >= 0.3 is 12.0 Å². The zero-order valence-corrected chi connectivity index (χ0v) is 16.6. The fourth-order valence-corrected chi connectivity index (χ4v) is 2.80. The fourth-order valence-electron chi connectivity index (χ4n) is 2.80. The molecule has 2 heterocycles. The van der Waals surface area contributed by atoms with Crippen LogP contribution in [0.25, 0.3) is 22.2 Å². The van der Waals surface area contributed by atoms with E-state index in [0.717, 1.165) is 5.52 Å². The molecule has 4 aromatic rings. The molecule has 0 bridgehead atoms. The molecule has 2 aromatic carbocycles. The molecule has 4 rings (SSSR count). The average molecular weight is 410 g/mol. The van der Waals surface area contributed by atoms with Crippen LogP contribution in [0.2, 0.25) is 0 Å². The number of amides is 1. The van der Waals surface area contributed by atoms with Crippen molar-refractivity contribution >= 4 is 40.1 Å². The number of hydrogen-bond acceptors (Lipinski definition) is 8. The van der Waals surface area contributed by atoms with Crippen LogP contribution >= 0.6 is 0 Å². The van der Waals surface area contributed by atoms with Crippen LogP contribution in [0.15, 0.2) is 51.3 Å². The summed E-state index contributed by atoms with van der Waals surface area (Å²) in [5, 5.41) is 15.3. The third kappa shape index (κ3) is 4.76. The molecule has 9 nitrogen and oxygen atoms in total. The Morgan fingerprint density at radius 1 is 1.07 bits per heavy atom. The van der Waals surface area contributed by atoms with Crippen LogP contribution in [0.3, 0.4) is 0 Å². The summed E-state index contributed by atoms with van der Waals surface area (Å²) in [5.41, 5.74) is 1.99. The molecule has 0 radical (unpaired) electrons. The van der Waals surface area contributed by atoms with Gasteiger partial charge in [-0.25, -0.2) is 0 Å². The molecule has 0 aliphatic heterocycles. The number of rotatable bonds is 8. The summed E-state index contributed by atoms with van der Waals surface area (Å²) in [5.74, 6) is -0.250. The summed E-state index contributed by atoms with van der Waals surface area (Å²) in [6, 6.07) is 12.9. The van der Waals surface area contributed by atoms with Crippen molar-refractivity contribution in [1.29, 1.82) is 0 Å². The van der Waals surface area contributed by atoms with E-state index in [0.29, 0.717) is 35.4 Å². The molecule has 0 saturated carbocycles. The first kappa shape index (κ1) is 19.9. The maximum absolute atomic E-state index is 12.3. The molecule has 2 aromatic heterocycles. The van der Waals surface area contributed by atoms with E-state index < -0.39 is 5.60 Å². The van der Waals surface area contributed by atoms with E-state index in [2.05, 4.69) is 20.6 Å². The van der Waals surface area contributed by atoms with Crippen LogP contribution in [0.1, 0.15) is 24.2 Å². The third-order valence-corrected chi connectivity index (χ3v) is 4.14. The zero-order chi connectivity index (χ0) is 21.1. The largest absolute Gasteiger partial charge is 0.423 e. The molecule has 30 heavy (non-hydrogen) atoms. The number of para-hydroxylation sites is 2.